The molecule has 1 aromatic heterocycles. The van der Waals surface area contributed by atoms with E-state index in [9.17, 15) is 4.79 Å². The van der Waals surface area contributed by atoms with E-state index in [0.29, 0.717) is 0 Å². The number of hydrogen-bond donors (Lipinski definition) is 1. The molecule has 3 aromatic rings. The van der Waals surface area contributed by atoms with Gasteiger partial charge in [-0.25, -0.2) is 4.98 Å². The summed E-state index contributed by atoms with van der Waals surface area (Å²) in [4.78, 5) is 25.3. The average molecular weight is 503 g/mol. The molecule has 198 valence electrons. The van der Waals surface area contributed by atoms with E-state index in [2.05, 4.69) is 87.0 Å². The Hall–Kier alpha value is -2.90. The lowest BCUT2D eigenvalue weighted by molar-refractivity contribution is -0.125. The number of likely N-dealkylation sites (N-methyl/N-ethyl adjacent to an activating group) is 1. The van der Waals surface area contributed by atoms with Crippen molar-refractivity contribution in [2.75, 3.05) is 63.8 Å². The van der Waals surface area contributed by atoms with Crippen molar-refractivity contribution in [3.8, 4) is 0 Å². The minimum absolute atomic E-state index is 0.0963. The lowest BCUT2D eigenvalue weighted by Crippen LogP contribution is -2.47. The quantitative estimate of drug-likeness (QED) is 0.452. The van der Waals surface area contributed by atoms with Crippen LogP contribution in [0.3, 0.4) is 0 Å². The number of carbonyl (C=O) groups is 1. The Balaban J connectivity index is 1.14. The maximum atomic E-state index is 12.9. The van der Waals surface area contributed by atoms with E-state index >= 15 is 0 Å². The summed E-state index contributed by atoms with van der Waals surface area (Å²) in [6.45, 7) is 14.5. The van der Waals surface area contributed by atoms with Crippen molar-refractivity contribution in [2.45, 2.75) is 39.7 Å². The van der Waals surface area contributed by atoms with Crippen molar-refractivity contribution < 1.29 is 4.79 Å². The highest BCUT2D eigenvalue weighted by molar-refractivity contribution is 5.80. The Kier molecular flexibility index (Phi) is 8.41. The predicted octanol–water partition coefficient (Wildman–Crippen LogP) is 3.75. The maximum absolute atomic E-state index is 12.9. The first kappa shape index (κ1) is 25.7. The van der Waals surface area contributed by atoms with E-state index in [1.54, 1.807) is 0 Å². The molecule has 1 amide bonds. The van der Waals surface area contributed by atoms with Crippen LogP contribution in [0.1, 0.15) is 37.3 Å². The van der Waals surface area contributed by atoms with E-state index in [1.165, 1.54) is 24.2 Å². The molecular formula is C30H42N6O. The number of nitrogens with zero attached hydrogens (tertiary/aromatic N) is 5. The van der Waals surface area contributed by atoms with Crippen LogP contribution in [0.25, 0.3) is 11.0 Å². The van der Waals surface area contributed by atoms with Gasteiger partial charge in [-0.15, -0.1) is 0 Å². The van der Waals surface area contributed by atoms with Gasteiger partial charge in [-0.1, -0.05) is 48.9 Å². The van der Waals surface area contributed by atoms with Crippen LogP contribution in [-0.2, 0) is 11.3 Å². The van der Waals surface area contributed by atoms with Gasteiger partial charge in [-0.3, -0.25) is 4.79 Å². The van der Waals surface area contributed by atoms with Gasteiger partial charge < -0.3 is 24.6 Å². The smallest absolute Gasteiger partial charge is 0.223 e. The standard InChI is InChI=1S/C30H42N6O/c1-3-33-18-20-34(21-19-33)15-7-14-31-29(37)26-12-16-35(17-13-26)30-32-27-10-4-5-11-28(27)36(30)23-25-9-6-8-24(2)22-25/h4-6,8-11,22,26H,3,7,12-21,23H2,1-2H3,(H,31,37). The van der Waals surface area contributed by atoms with Crippen LogP contribution in [0.2, 0.25) is 0 Å². The number of benzene rings is 2. The number of rotatable bonds is 9. The monoisotopic (exact) mass is 502 g/mol. The number of nitrogens with one attached hydrogen (secondary N) is 1. The minimum Gasteiger partial charge on any atom is -0.356 e. The third-order valence-corrected chi connectivity index (χ3v) is 8.07. The van der Waals surface area contributed by atoms with Gasteiger partial charge in [0.1, 0.15) is 0 Å². The molecule has 0 bridgehead atoms. The fourth-order valence-corrected chi connectivity index (χ4v) is 5.78. The van der Waals surface area contributed by atoms with E-state index in [1.807, 2.05) is 0 Å². The van der Waals surface area contributed by atoms with Crippen LogP contribution in [0.5, 0.6) is 0 Å². The van der Waals surface area contributed by atoms with Crippen molar-refractivity contribution in [3.05, 3.63) is 59.7 Å². The van der Waals surface area contributed by atoms with Crippen LogP contribution >= 0.6 is 0 Å². The molecule has 3 heterocycles. The normalized spacial score (nSPS) is 17.9. The van der Waals surface area contributed by atoms with Crippen LogP contribution < -0.4 is 10.2 Å². The lowest BCUT2D eigenvalue weighted by Gasteiger charge is -2.34. The SMILES string of the molecule is CCN1CCN(CCCNC(=O)C2CCN(c3nc4ccccc4n3Cc3cccc(C)c3)CC2)CC1. The zero-order valence-electron chi connectivity index (χ0n) is 22.5. The fourth-order valence-electron chi connectivity index (χ4n) is 5.78. The molecule has 37 heavy (non-hydrogen) atoms. The van der Waals surface area contributed by atoms with Crippen molar-refractivity contribution in [2.24, 2.45) is 5.92 Å². The maximum Gasteiger partial charge on any atom is 0.223 e. The molecular weight excluding hydrogens is 460 g/mol. The highest BCUT2D eigenvalue weighted by atomic mass is 16.1. The van der Waals surface area contributed by atoms with Crippen LogP contribution in [0.4, 0.5) is 5.95 Å². The van der Waals surface area contributed by atoms with Crippen LogP contribution in [0, 0.1) is 12.8 Å². The summed E-state index contributed by atoms with van der Waals surface area (Å²) >= 11 is 0. The van der Waals surface area contributed by atoms with Crippen LogP contribution in [0.15, 0.2) is 48.5 Å². The van der Waals surface area contributed by atoms with Gasteiger partial charge in [-0.2, -0.15) is 0 Å². The van der Waals surface area contributed by atoms with E-state index in [4.69, 9.17) is 4.98 Å². The van der Waals surface area contributed by atoms with Crippen molar-refractivity contribution in [1.82, 2.24) is 24.7 Å². The largest absolute Gasteiger partial charge is 0.356 e. The number of piperidine rings is 1. The summed E-state index contributed by atoms with van der Waals surface area (Å²) in [6, 6.07) is 17.1. The molecule has 0 saturated carbocycles. The summed E-state index contributed by atoms with van der Waals surface area (Å²) in [7, 11) is 0. The highest BCUT2D eigenvalue weighted by Gasteiger charge is 2.27. The van der Waals surface area contributed by atoms with Gasteiger partial charge in [0.25, 0.3) is 0 Å². The Morgan fingerprint density at radius 2 is 1.73 bits per heavy atom. The number of hydrogen-bond acceptors (Lipinski definition) is 5. The number of piperazine rings is 1. The second-order valence-corrected chi connectivity index (χ2v) is 10.7. The number of carbonyl (C=O) groups excluding carboxylic acids is 1. The van der Waals surface area contributed by atoms with Gasteiger partial charge in [0, 0.05) is 51.7 Å². The third kappa shape index (κ3) is 6.33. The molecule has 2 aromatic carbocycles. The molecule has 2 aliphatic heterocycles. The molecule has 7 heteroatoms. The number of para-hydroxylation sites is 2. The van der Waals surface area contributed by atoms with Gasteiger partial charge in [-0.05, 0) is 57.0 Å². The summed E-state index contributed by atoms with van der Waals surface area (Å²) in [6.07, 6.45) is 2.77. The number of aromatic nitrogens is 2. The number of fused-ring (bicyclic) bond motifs is 1. The topological polar surface area (TPSA) is 56.6 Å². The molecule has 2 fully saturated rings. The molecule has 0 spiro atoms. The Labute approximate surface area is 221 Å². The molecule has 7 nitrogen and oxygen atoms in total. The first-order valence-corrected chi connectivity index (χ1v) is 14.1. The van der Waals surface area contributed by atoms with Gasteiger partial charge in [0.05, 0.1) is 17.6 Å². The van der Waals surface area contributed by atoms with Gasteiger partial charge in [0.2, 0.25) is 11.9 Å². The zero-order valence-corrected chi connectivity index (χ0v) is 22.5. The zero-order chi connectivity index (χ0) is 25.6. The van der Waals surface area contributed by atoms with Gasteiger partial charge in [0.15, 0.2) is 0 Å². The highest BCUT2D eigenvalue weighted by Crippen LogP contribution is 2.28. The molecule has 0 unspecified atom stereocenters. The Morgan fingerprint density at radius 1 is 0.973 bits per heavy atom. The van der Waals surface area contributed by atoms with Crippen molar-refractivity contribution in [1.29, 1.82) is 0 Å². The minimum atomic E-state index is 0.0963. The molecule has 2 saturated heterocycles. The summed E-state index contributed by atoms with van der Waals surface area (Å²) in [5, 5.41) is 3.22. The lowest BCUT2D eigenvalue weighted by atomic mass is 9.96. The fraction of sp³-hybridized carbons (Fsp3) is 0.533. The molecule has 0 radical (unpaired) electrons. The van der Waals surface area contributed by atoms with E-state index in [0.717, 1.165) is 88.6 Å². The number of aryl methyl sites for hydroxylation is 1. The summed E-state index contributed by atoms with van der Waals surface area (Å²) in [5.41, 5.74) is 4.75. The third-order valence-electron chi connectivity index (χ3n) is 8.07. The molecule has 5 rings (SSSR count). The van der Waals surface area contributed by atoms with Crippen LogP contribution in [-0.4, -0.2) is 84.2 Å². The molecule has 1 N–H and O–H groups in total. The van der Waals surface area contributed by atoms with Gasteiger partial charge >= 0.3 is 0 Å². The average Bonchev–Trinajstić information content (AvgIpc) is 3.29. The predicted molar refractivity (Wildman–Crippen MR) is 151 cm³/mol. The number of imidazole rings is 1. The second-order valence-electron chi connectivity index (χ2n) is 10.7. The Morgan fingerprint density at radius 3 is 2.49 bits per heavy atom. The number of amides is 1. The van der Waals surface area contributed by atoms with Crippen molar-refractivity contribution in [3.63, 3.8) is 0 Å². The number of anilines is 1. The van der Waals surface area contributed by atoms with Crippen molar-refractivity contribution >= 4 is 22.9 Å². The first-order valence-electron chi connectivity index (χ1n) is 14.1. The van der Waals surface area contributed by atoms with E-state index in [-0.39, 0.29) is 11.8 Å². The Bertz CT molecular complexity index is 1170. The van der Waals surface area contributed by atoms with E-state index < -0.39 is 0 Å². The molecule has 2 aliphatic rings. The second kappa shape index (κ2) is 12.1. The first-order chi connectivity index (χ1) is 18.1. The summed E-state index contributed by atoms with van der Waals surface area (Å²) < 4.78 is 2.34. The summed E-state index contributed by atoms with van der Waals surface area (Å²) in [5.74, 6) is 1.34. The molecule has 0 atom stereocenters. The molecule has 0 aliphatic carbocycles.